The number of carbonyl (C=O) groups is 3. The number of carbonyl (C=O) groups excluding carboxylic acids is 3. The van der Waals surface area contributed by atoms with Crippen LogP contribution < -0.4 is 15.4 Å². The van der Waals surface area contributed by atoms with Gasteiger partial charge in [0.15, 0.2) is 0 Å². The molecule has 38 heavy (non-hydrogen) atoms. The fourth-order valence-corrected chi connectivity index (χ4v) is 4.59. The van der Waals surface area contributed by atoms with Crippen LogP contribution in [0.15, 0.2) is 42.5 Å². The Labute approximate surface area is 218 Å². The van der Waals surface area contributed by atoms with Gasteiger partial charge in [0.25, 0.3) is 5.69 Å². The minimum absolute atomic E-state index is 0.0751. The van der Waals surface area contributed by atoms with E-state index in [4.69, 9.17) is 9.47 Å². The molecule has 2 aromatic rings. The fraction of sp³-hybridized carbons (Fsp3) is 0.346. The van der Waals surface area contributed by atoms with E-state index in [1.165, 1.54) is 36.1 Å². The number of aromatic hydroxyl groups is 1. The van der Waals surface area contributed by atoms with Crippen molar-refractivity contribution in [3.05, 3.63) is 63.7 Å². The zero-order valence-electron chi connectivity index (χ0n) is 20.7. The van der Waals surface area contributed by atoms with E-state index in [2.05, 4.69) is 10.6 Å². The molecule has 2 amide bonds. The highest BCUT2D eigenvalue weighted by Crippen LogP contribution is 2.38. The van der Waals surface area contributed by atoms with E-state index in [-0.39, 0.29) is 23.8 Å². The van der Waals surface area contributed by atoms with Gasteiger partial charge in [-0.05, 0) is 42.7 Å². The van der Waals surface area contributed by atoms with Crippen LogP contribution in [0.25, 0.3) is 6.08 Å². The normalized spacial score (nSPS) is 16.7. The number of fused-ring (bicyclic) bond motifs is 1. The summed E-state index contributed by atoms with van der Waals surface area (Å²) < 4.78 is 10.9. The van der Waals surface area contributed by atoms with Crippen LogP contribution >= 0.6 is 0 Å². The van der Waals surface area contributed by atoms with Crippen molar-refractivity contribution in [1.29, 1.82) is 0 Å². The van der Waals surface area contributed by atoms with Crippen LogP contribution in [0.2, 0.25) is 0 Å². The average Bonchev–Trinajstić information content (AvgIpc) is 3.39. The second kappa shape index (κ2) is 11.6. The molecule has 2 aliphatic rings. The first-order valence-corrected chi connectivity index (χ1v) is 12.1. The van der Waals surface area contributed by atoms with Crippen molar-refractivity contribution in [3.63, 3.8) is 0 Å². The molecule has 3 N–H and O–H groups in total. The van der Waals surface area contributed by atoms with E-state index >= 15 is 0 Å². The van der Waals surface area contributed by atoms with E-state index in [1.54, 1.807) is 24.3 Å². The molecular formula is C26H28N4O8. The van der Waals surface area contributed by atoms with Crippen LogP contribution in [-0.2, 0) is 25.5 Å². The zero-order valence-corrected chi connectivity index (χ0v) is 20.7. The van der Waals surface area contributed by atoms with Crippen molar-refractivity contribution >= 4 is 35.2 Å². The summed E-state index contributed by atoms with van der Waals surface area (Å²) in [6, 6.07) is 7.33. The largest absolute Gasteiger partial charge is 0.508 e. The van der Waals surface area contributed by atoms with Crippen LogP contribution in [0.4, 0.5) is 11.4 Å². The molecule has 2 aromatic carbocycles. The summed E-state index contributed by atoms with van der Waals surface area (Å²) in [5, 5.41) is 26.5. The number of phenolic OH excluding ortho intramolecular Hbond substituents is 1. The lowest BCUT2D eigenvalue weighted by Crippen LogP contribution is -2.52. The minimum atomic E-state index is -0.896. The number of likely N-dealkylation sites (tertiary alicyclic amines) is 1. The van der Waals surface area contributed by atoms with Crippen LogP contribution in [-0.4, -0.2) is 64.7 Å². The number of hydrogen-bond acceptors (Lipinski definition) is 9. The summed E-state index contributed by atoms with van der Waals surface area (Å²) in [5.74, 6) is -1.06. The lowest BCUT2D eigenvalue weighted by molar-refractivity contribution is -0.385. The topological polar surface area (TPSA) is 160 Å². The third-order valence-corrected chi connectivity index (χ3v) is 6.34. The van der Waals surface area contributed by atoms with E-state index in [0.717, 1.165) is 5.56 Å². The summed E-state index contributed by atoms with van der Waals surface area (Å²) in [7, 11) is 0. The van der Waals surface area contributed by atoms with Crippen molar-refractivity contribution in [2.75, 3.05) is 25.2 Å². The predicted molar refractivity (Wildman–Crippen MR) is 136 cm³/mol. The SMILES string of the molecule is CC(=O)N[C@@H](Cc1ccc(O)cc1)C(=O)N1CCC[C@H]1C(=O)OCOc1ccc([N+](=O)[O-])c2c1NCC=C2. The monoisotopic (exact) mass is 524 g/mol. The van der Waals surface area contributed by atoms with Gasteiger partial charge in [0, 0.05) is 32.5 Å². The maximum Gasteiger partial charge on any atom is 0.331 e. The molecule has 0 aromatic heterocycles. The summed E-state index contributed by atoms with van der Waals surface area (Å²) in [5.41, 5.74) is 1.46. The van der Waals surface area contributed by atoms with Gasteiger partial charge in [-0.3, -0.25) is 19.7 Å². The van der Waals surface area contributed by atoms with Crippen LogP contribution in [0.5, 0.6) is 11.5 Å². The smallest absolute Gasteiger partial charge is 0.331 e. The van der Waals surface area contributed by atoms with Crippen molar-refractivity contribution in [3.8, 4) is 11.5 Å². The van der Waals surface area contributed by atoms with E-state index in [9.17, 15) is 29.6 Å². The molecular weight excluding hydrogens is 496 g/mol. The number of ether oxygens (including phenoxy) is 2. The van der Waals surface area contributed by atoms with Gasteiger partial charge in [-0.2, -0.15) is 0 Å². The summed E-state index contributed by atoms with van der Waals surface area (Å²) in [4.78, 5) is 50.3. The number of nitrogens with zero attached hydrogens (tertiary/aromatic N) is 2. The van der Waals surface area contributed by atoms with E-state index in [1.807, 2.05) is 0 Å². The molecule has 0 bridgehead atoms. The number of rotatable bonds is 9. The molecule has 0 spiro atoms. The molecule has 0 aliphatic carbocycles. The maximum absolute atomic E-state index is 13.4. The van der Waals surface area contributed by atoms with E-state index in [0.29, 0.717) is 42.9 Å². The number of anilines is 1. The molecule has 12 nitrogen and oxygen atoms in total. The Bertz CT molecular complexity index is 1260. The average molecular weight is 525 g/mol. The summed E-state index contributed by atoms with van der Waals surface area (Å²) in [6.45, 7) is 1.65. The summed E-state index contributed by atoms with van der Waals surface area (Å²) >= 11 is 0. The molecule has 0 unspecified atom stereocenters. The Balaban J connectivity index is 1.40. The Morgan fingerprint density at radius 1 is 1.24 bits per heavy atom. The number of nitro groups is 1. The third-order valence-electron chi connectivity index (χ3n) is 6.34. The molecule has 4 rings (SSSR count). The van der Waals surface area contributed by atoms with Crippen molar-refractivity contribution in [2.45, 2.75) is 38.3 Å². The number of hydrogen-bond donors (Lipinski definition) is 3. The number of benzene rings is 2. The number of nitro benzene ring substituents is 1. The zero-order chi connectivity index (χ0) is 27.2. The maximum atomic E-state index is 13.4. The number of esters is 1. The van der Waals surface area contributed by atoms with Gasteiger partial charge < -0.3 is 30.1 Å². The quantitative estimate of drug-likeness (QED) is 0.194. The van der Waals surface area contributed by atoms with Gasteiger partial charge in [0.2, 0.25) is 18.6 Å². The molecule has 12 heteroatoms. The Morgan fingerprint density at radius 2 is 2.00 bits per heavy atom. The van der Waals surface area contributed by atoms with Gasteiger partial charge in [0.1, 0.15) is 23.6 Å². The lowest BCUT2D eigenvalue weighted by Gasteiger charge is -2.28. The second-order valence-electron chi connectivity index (χ2n) is 8.95. The molecule has 1 saturated heterocycles. The molecule has 2 heterocycles. The highest BCUT2D eigenvalue weighted by Gasteiger charge is 2.38. The van der Waals surface area contributed by atoms with Crippen LogP contribution in [0.1, 0.15) is 30.9 Å². The second-order valence-corrected chi connectivity index (χ2v) is 8.95. The van der Waals surface area contributed by atoms with Gasteiger partial charge >= 0.3 is 5.97 Å². The molecule has 200 valence electrons. The van der Waals surface area contributed by atoms with Crippen molar-refractivity contribution in [1.82, 2.24) is 10.2 Å². The van der Waals surface area contributed by atoms with Gasteiger partial charge in [-0.1, -0.05) is 18.2 Å². The Hall–Kier alpha value is -4.61. The first kappa shape index (κ1) is 26.5. The fourth-order valence-electron chi connectivity index (χ4n) is 4.59. The van der Waals surface area contributed by atoms with Crippen LogP contribution in [0.3, 0.4) is 0 Å². The number of amides is 2. The highest BCUT2D eigenvalue weighted by molar-refractivity contribution is 5.91. The van der Waals surface area contributed by atoms with E-state index < -0.39 is 35.7 Å². The third kappa shape index (κ3) is 6.02. The Kier molecular flexibility index (Phi) is 8.09. The lowest BCUT2D eigenvalue weighted by atomic mass is 10.0. The minimum Gasteiger partial charge on any atom is -0.508 e. The molecule has 0 radical (unpaired) electrons. The highest BCUT2D eigenvalue weighted by atomic mass is 16.7. The summed E-state index contributed by atoms with van der Waals surface area (Å²) in [6.07, 6.45) is 4.56. The van der Waals surface area contributed by atoms with Gasteiger partial charge in [-0.25, -0.2) is 4.79 Å². The van der Waals surface area contributed by atoms with Gasteiger partial charge in [-0.15, -0.1) is 0 Å². The number of nitrogens with one attached hydrogen (secondary N) is 2. The standard InChI is InChI=1S/C26H28N4O8/c1-16(31)28-20(14-17-6-8-18(32)9-7-17)25(33)29-13-3-5-22(29)26(34)38-15-37-23-11-10-21(30(35)36)19-4-2-12-27-24(19)23/h2,4,6-11,20,22,27,32H,3,5,12-15H2,1H3,(H,28,31)/t20-,22-/m0/s1. The molecule has 2 atom stereocenters. The molecule has 2 aliphatic heterocycles. The predicted octanol–water partition coefficient (Wildman–Crippen LogP) is 2.36. The van der Waals surface area contributed by atoms with Crippen LogP contribution in [0, 0.1) is 10.1 Å². The first-order valence-electron chi connectivity index (χ1n) is 12.1. The van der Waals surface area contributed by atoms with Crippen molar-refractivity contribution in [2.24, 2.45) is 0 Å². The van der Waals surface area contributed by atoms with Gasteiger partial charge in [0.05, 0.1) is 16.2 Å². The number of phenols is 1. The first-order chi connectivity index (χ1) is 18.2. The molecule has 1 fully saturated rings. The Morgan fingerprint density at radius 3 is 2.71 bits per heavy atom. The van der Waals surface area contributed by atoms with Crippen molar-refractivity contribution < 1.29 is 33.9 Å². The molecule has 0 saturated carbocycles.